The van der Waals surface area contributed by atoms with E-state index in [2.05, 4.69) is 5.32 Å². The second kappa shape index (κ2) is 7.98. The Hall–Kier alpha value is -1.91. The van der Waals surface area contributed by atoms with Gasteiger partial charge < -0.3 is 19.6 Å². The van der Waals surface area contributed by atoms with Crippen LogP contribution >= 0.6 is 0 Å². The van der Waals surface area contributed by atoms with Gasteiger partial charge in [0.25, 0.3) is 5.91 Å². The quantitative estimate of drug-likeness (QED) is 0.682. The first kappa shape index (κ1) is 19.4. The molecule has 2 N–H and O–H groups in total. The molecule has 10 heteroatoms. The Bertz CT molecular complexity index is 735. The Labute approximate surface area is 146 Å². The number of carboxylic acid groups (broad SMARTS) is 1. The van der Waals surface area contributed by atoms with E-state index in [1.54, 1.807) is 0 Å². The molecular weight excluding hydrogens is 352 g/mol. The zero-order valence-corrected chi connectivity index (χ0v) is 15.0. The lowest BCUT2D eigenvalue weighted by Crippen LogP contribution is -2.41. The molecule has 1 atom stereocenters. The van der Waals surface area contributed by atoms with Crippen LogP contribution in [0.25, 0.3) is 0 Å². The maximum atomic E-state index is 12.6. The number of sulfonamides is 1. The van der Waals surface area contributed by atoms with Gasteiger partial charge in [0.2, 0.25) is 10.0 Å². The number of carbonyl (C=O) groups is 2. The summed E-state index contributed by atoms with van der Waals surface area (Å²) in [4.78, 5) is 23.3. The van der Waals surface area contributed by atoms with E-state index < -0.39 is 27.9 Å². The van der Waals surface area contributed by atoms with Gasteiger partial charge in [-0.3, -0.25) is 4.79 Å². The van der Waals surface area contributed by atoms with E-state index in [4.69, 9.17) is 14.3 Å². The number of hydrogen-bond donors (Lipinski definition) is 2. The third-order valence-corrected chi connectivity index (χ3v) is 6.00. The van der Waals surface area contributed by atoms with Crippen LogP contribution in [0.4, 0.5) is 0 Å². The summed E-state index contributed by atoms with van der Waals surface area (Å²) >= 11 is 0. The lowest BCUT2D eigenvalue weighted by atomic mass is 10.2. The minimum atomic E-state index is -3.72. The Kier molecular flexibility index (Phi) is 6.20. The molecule has 1 aromatic rings. The average molecular weight is 374 g/mol. The molecule has 140 valence electrons. The van der Waals surface area contributed by atoms with Gasteiger partial charge in [0.1, 0.15) is 16.7 Å². The summed E-state index contributed by atoms with van der Waals surface area (Å²) in [6, 6.07) is -0.00964. The number of carboxylic acids is 1. The smallest absolute Gasteiger partial charge is 0.326 e. The number of furan rings is 1. The molecule has 1 aliphatic rings. The maximum Gasteiger partial charge on any atom is 0.326 e. The molecule has 1 aliphatic heterocycles. The second-order valence-electron chi connectivity index (χ2n) is 5.79. The maximum absolute atomic E-state index is 12.6. The summed E-state index contributed by atoms with van der Waals surface area (Å²) in [5.41, 5.74) is 0. The SMILES string of the molecule is COCCC(NC(=O)c1cc(S(=O)(=O)N2CCCC2)c(C)o1)C(=O)O. The van der Waals surface area contributed by atoms with Crippen molar-refractivity contribution in [3.63, 3.8) is 0 Å². The fourth-order valence-electron chi connectivity index (χ4n) is 2.62. The van der Waals surface area contributed by atoms with Gasteiger partial charge >= 0.3 is 5.97 Å². The van der Waals surface area contributed by atoms with Gasteiger partial charge in [0, 0.05) is 39.3 Å². The summed E-state index contributed by atoms with van der Waals surface area (Å²) in [5, 5.41) is 11.4. The molecule has 0 spiro atoms. The Morgan fingerprint density at radius 3 is 2.60 bits per heavy atom. The molecule has 2 heterocycles. The zero-order chi connectivity index (χ0) is 18.6. The highest BCUT2D eigenvalue weighted by Crippen LogP contribution is 2.26. The van der Waals surface area contributed by atoms with E-state index >= 15 is 0 Å². The molecule has 0 aliphatic carbocycles. The van der Waals surface area contributed by atoms with Crippen LogP contribution in [0.1, 0.15) is 35.6 Å². The highest BCUT2D eigenvalue weighted by molar-refractivity contribution is 7.89. The Morgan fingerprint density at radius 1 is 1.40 bits per heavy atom. The number of carbonyl (C=O) groups excluding carboxylic acids is 1. The fraction of sp³-hybridized carbons (Fsp3) is 0.600. The van der Waals surface area contributed by atoms with Gasteiger partial charge in [-0.1, -0.05) is 0 Å². The molecule has 2 rings (SSSR count). The number of hydrogen-bond acceptors (Lipinski definition) is 6. The first-order chi connectivity index (χ1) is 11.8. The Morgan fingerprint density at radius 2 is 2.04 bits per heavy atom. The number of aliphatic carboxylic acids is 1. The van der Waals surface area contributed by atoms with Crippen LogP contribution in [-0.2, 0) is 19.6 Å². The van der Waals surface area contributed by atoms with Crippen molar-refractivity contribution in [1.82, 2.24) is 9.62 Å². The number of nitrogens with zero attached hydrogens (tertiary/aromatic N) is 1. The van der Waals surface area contributed by atoms with E-state index in [1.807, 2.05) is 0 Å². The first-order valence-electron chi connectivity index (χ1n) is 7.90. The Balaban J connectivity index is 2.18. The zero-order valence-electron chi connectivity index (χ0n) is 14.1. The summed E-state index contributed by atoms with van der Waals surface area (Å²) in [6.07, 6.45) is 1.67. The van der Waals surface area contributed by atoms with E-state index in [0.29, 0.717) is 13.1 Å². The number of amides is 1. The predicted octanol–water partition coefficient (Wildman–Crippen LogP) is 0.592. The monoisotopic (exact) mass is 374 g/mol. The molecule has 1 saturated heterocycles. The normalized spacial score (nSPS) is 16.7. The largest absolute Gasteiger partial charge is 0.480 e. The van der Waals surface area contributed by atoms with Crippen LogP contribution in [0.5, 0.6) is 0 Å². The van der Waals surface area contributed by atoms with E-state index in [0.717, 1.165) is 18.9 Å². The van der Waals surface area contributed by atoms with Crippen LogP contribution in [0, 0.1) is 6.92 Å². The number of nitrogens with one attached hydrogen (secondary N) is 1. The van der Waals surface area contributed by atoms with Crippen molar-refractivity contribution in [3.05, 3.63) is 17.6 Å². The number of aryl methyl sites for hydroxylation is 1. The highest BCUT2D eigenvalue weighted by atomic mass is 32.2. The number of rotatable bonds is 8. The van der Waals surface area contributed by atoms with Crippen molar-refractivity contribution in [2.45, 2.75) is 37.1 Å². The van der Waals surface area contributed by atoms with Crippen molar-refractivity contribution < 1.29 is 32.3 Å². The molecule has 1 fully saturated rings. The van der Waals surface area contributed by atoms with Crippen LogP contribution in [0.15, 0.2) is 15.4 Å². The van der Waals surface area contributed by atoms with Gasteiger partial charge in [0.15, 0.2) is 5.76 Å². The van der Waals surface area contributed by atoms with E-state index in [1.165, 1.54) is 18.3 Å². The van der Waals surface area contributed by atoms with E-state index in [-0.39, 0.29) is 29.4 Å². The summed E-state index contributed by atoms with van der Waals surface area (Å²) in [7, 11) is -2.30. The van der Waals surface area contributed by atoms with Gasteiger partial charge in [-0.25, -0.2) is 13.2 Å². The molecule has 0 saturated carbocycles. The summed E-state index contributed by atoms with van der Waals surface area (Å²) < 4.78 is 36.6. The van der Waals surface area contributed by atoms with Crippen LogP contribution in [0.2, 0.25) is 0 Å². The molecule has 0 bridgehead atoms. The lowest BCUT2D eigenvalue weighted by Gasteiger charge is -2.14. The summed E-state index contributed by atoms with van der Waals surface area (Å²) in [5.74, 6) is -2.13. The van der Waals surface area contributed by atoms with Crippen molar-refractivity contribution in [1.29, 1.82) is 0 Å². The van der Waals surface area contributed by atoms with Gasteiger partial charge in [-0.05, 0) is 19.8 Å². The highest BCUT2D eigenvalue weighted by Gasteiger charge is 2.32. The summed E-state index contributed by atoms with van der Waals surface area (Å²) in [6.45, 7) is 2.49. The average Bonchev–Trinajstić information content (AvgIpc) is 3.20. The molecule has 0 radical (unpaired) electrons. The van der Waals surface area contributed by atoms with Crippen molar-refractivity contribution in [2.24, 2.45) is 0 Å². The van der Waals surface area contributed by atoms with Crippen molar-refractivity contribution in [2.75, 3.05) is 26.8 Å². The predicted molar refractivity (Wildman–Crippen MR) is 86.8 cm³/mol. The molecule has 0 aromatic carbocycles. The minimum absolute atomic E-state index is 0.0664. The third kappa shape index (κ3) is 4.39. The second-order valence-corrected chi connectivity index (χ2v) is 7.69. The van der Waals surface area contributed by atoms with Gasteiger partial charge in [-0.2, -0.15) is 4.31 Å². The van der Waals surface area contributed by atoms with Crippen molar-refractivity contribution in [3.8, 4) is 0 Å². The van der Waals surface area contributed by atoms with E-state index in [9.17, 15) is 18.0 Å². The van der Waals surface area contributed by atoms with Crippen LogP contribution < -0.4 is 5.32 Å². The third-order valence-electron chi connectivity index (χ3n) is 3.99. The van der Waals surface area contributed by atoms with Gasteiger partial charge in [0.05, 0.1) is 0 Å². The molecule has 9 nitrogen and oxygen atoms in total. The fourth-order valence-corrected chi connectivity index (χ4v) is 4.30. The van der Waals surface area contributed by atoms with Crippen LogP contribution in [-0.4, -0.2) is 62.6 Å². The van der Waals surface area contributed by atoms with Crippen LogP contribution in [0.3, 0.4) is 0 Å². The standard InChI is InChI=1S/C15H22N2O7S/c1-10-13(25(21,22)17-6-3-4-7-17)9-12(24-10)14(18)16-11(15(19)20)5-8-23-2/h9,11H,3-8H2,1-2H3,(H,16,18)(H,19,20). The number of methoxy groups -OCH3 is 1. The number of ether oxygens (including phenoxy) is 1. The molecule has 1 amide bonds. The molecule has 1 aromatic heterocycles. The lowest BCUT2D eigenvalue weighted by molar-refractivity contribution is -0.139. The minimum Gasteiger partial charge on any atom is -0.480 e. The topological polar surface area (TPSA) is 126 Å². The first-order valence-corrected chi connectivity index (χ1v) is 9.34. The molecule has 25 heavy (non-hydrogen) atoms. The molecular formula is C15H22N2O7S. The van der Waals surface area contributed by atoms with Gasteiger partial charge in [-0.15, -0.1) is 0 Å². The molecule has 1 unspecified atom stereocenters. The van der Waals surface area contributed by atoms with Crippen molar-refractivity contribution >= 4 is 21.9 Å².